The van der Waals surface area contributed by atoms with Gasteiger partial charge in [-0.3, -0.25) is 5.32 Å². The Bertz CT molecular complexity index is 848. The number of nitrogens with zero attached hydrogens (tertiary/aromatic N) is 3. The number of aliphatic imine (C=N–C) groups is 1. The summed E-state index contributed by atoms with van der Waals surface area (Å²) in [5, 5.41) is 14.8. The number of furan rings is 1. The molecule has 2 N–H and O–H groups in total. The van der Waals surface area contributed by atoms with Crippen LogP contribution in [0.4, 0.5) is 0 Å². The second-order valence-electron chi connectivity index (χ2n) is 6.94. The van der Waals surface area contributed by atoms with E-state index in [2.05, 4.69) is 20.5 Å². The number of guanidine groups is 1. The largest absolute Gasteiger partial charge is 0.491 e. The fourth-order valence-corrected chi connectivity index (χ4v) is 3.43. The maximum Gasteiger partial charge on any atom is 0.205 e. The van der Waals surface area contributed by atoms with E-state index in [-0.39, 0.29) is 0 Å². The van der Waals surface area contributed by atoms with E-state index >= 15 is 0 Å². The van der Waals surface area contributed by atoms with E-state index in [0.29, 0.717) is 32.3 Å². The van der Waals surface area contributed by atoms with Crippen LogP contribution >= 0.6 is 11.8 Å². The second-order valence-corrected chi connectivity index (χ2v) is 8.04. The quantitative estimate of drug-likeness (QED) is 0.160. The smallest absolute Gasteiger partial charge is 0.205 e. The third kappa shape index (κ3) is 9.79. The molecule has 1 heterocycles. The molecule has 0 saturated heterocycles. The van der Waals surface area contributed by atoms with E-state index in [0.717, 1.165) is 40.9 Å². The van der Waals surface area contributed by atoms with Gasteiger partial charge in [0.05, 0.1) is 25.4 Å². The van der Waals surface area contributed by atoms with Crippen molar-refractivity contribution in [3.8, 4) is 11.9 Å². The summed E-state index contributed by atoms with van der Waals surface area (Å²) in [5.41, 5.74) is 0.943. The highest BCUT2D eigenvalue weighted by Gasteiger charge is 2.05. The minimum absolute atomic E-state index is 0.397. The number of hydrogen-bond acceptors (Lipinski definition) is 7. The van der Waals surface area contributed by atoms with Crippen molar-refractivity contribution in [1.82, 2.24) is 15.5 Å². The molecule has 0 spiro atoms. The second kappa shape index (κ2) is 14.4. The third-order valence-electron chi connectivity index (χ3n) is 4.07. The molecule has 8 nitrogen and oxygen atoms in total. The van der Waals surface area contributed by atoms with Crippen LogP contribution in [0.25, 0.3) is 0 Å². The van der Waals surface area contributed by atoms with Gasteiger partial charge < -0.3 is 24.1 Å². The van der Waals surface area contributed by atoms with Crippen molar-refractivity contribution in [2.45, 2.75) is 18.8 Å². The molecular weight excluding hydrogens is 414 g/mol. The molecule has 0 saturated carbocycles. The van der Waals surface area contributed by atoms with Crippen molar-refractivity contribution in [2.75, 3.05) is 46.7 Å². The van der Waals surface area contributed by atoms with Crippen molar-refractivity contribution in [2.24, 2.45) is 4.99 Å². The Morgan fingerprint density at radius 1 is 1.19 bits per heavy atom. The van der Waals surface area contributed by atoms with Gasteiger partial charge in [-0.15, -0.1) is 0 Å². The Labute approximate surface area is 188 Å². The summed E-state index contributed by atoms with van der Waals surface area (Å²) >= 11 is 1.76. The monoisotopic (exact) mass is 445 g/mol. The maximum absolute atomic E-state index is 9.01. The van der Waals surface area contributed by atoms with Crippen molar-refractivity contribution in [3.63, 3.8) is 0 Å². The molecule has 0 unspecified atom stereocenters. The minimum atomic E-state index is 0.397. The Morgan fingerprint density at radius 2 is 2.00 bits per heavy atom. The first kappa shape index (κ1) is 24.6. The molecule has 0 aliphatic rings. The van der Waals surface area contributed by atoms with Crippen LogP contribution in [0.3, 0.4) is 0 Å². The summed E-state index contributed by atoms with van der Waals surface area (Å²) in [7, 11) is 5.68. The van der Waals surface area contributed by atoms with Crippen LogP contribution in [0.2, 0.25) is 0 Å². The number of methoxy groups -OCH3 is 1. The number of para-hydroxylation sites is 1. The molecule has 0 amide bonds. The molecule has 2 aromatic rings. The maximum atomic E-state index is 9.01. The van der Waals surface area contributed by atoms with Crippen LogP contribution in [0.1, 0.15) is 17.1 Å². The zero-order valence-corrected chi connectivity index (χ0v) is 19.2. The average molecular weight is 446 g/mol. The molecule has 31 heavy (non-hydrogen) atoms. The first-order chi connectivity index (χ1) is 15.1. The molecule has 0 bridgehead atoms. The number of thioether (sulfide) groups is 1. The van der Waals surface area contributed by atoms with E-state index in [1.807, 2.05) is 56.7 Å². The van der Waals surface area contributed by atoms with Gasteiger partial charge in [-0.2, -0.15) is 17.0 Å². The van der Waals surface area contributed by atoms with E-state index in [1.165, 1.54) is 0 Å². The highest BCUT2D eigenvalue weighted by Crippen LogP contribution is 2.19. The van der Waals surface area contributed by atoms with Gasteiger partial charge in [0, 0.05) is 25.0 Å². The lowest BCUT2D eigenvalue weighted by Crippen LogP contribution is -2.35. The van der Waals surface area contributed by atoms with Crippen LogP contribution in [-0.2, 0) is 23.6 Å². The predicted octanol–water partition coefficient (Wildman–Crippen LogP) is 2.82. The summed E-state index contributed by atoms with van der Waals surface area (Å²) in [6.07, 6.45) is 1.93. The number of benzene rings is 1. The fraction of sp³-hybridized carbons (Fsp3) is 0.455. The first-order valence-corrected chi connectivity index (χ1v) is 11.2. The van der Waals surface area contributed by atoms with Crippen LogP contribution in [0, 0.1) is 11.5 Å². The van der Waals surface area contributed by atoms with Crippen molar-refractivity contribution in [3.05, 3.63) is 53.5 Å². The molecule has 0 radical (unpaired) electrons. The molecule has 0 aliphatic heterocycles. The van der Waals surface area contributed by atoms with Crippen molar-refractivity contribution in [1.29, 1.82) is 5.26 Å². The molecule has 9 heteroatoms. The number of rotatable bonds is 13. The summed E-state index contributed by atoms with van der Waals surface area (Å²) in [4.78, 5) is 6.56. The highest BCUT2D eigenvalue weighted by atomic mass is 32.2. The molecule has 1 aromatic carbocycles. The van der Waals surface area contributed by atoms with E-state index in [4.69, 9.17) is 19.2 Å². The number of ether oxygens (including phenoxy) is 2. The van der Waals surface area contributed by atoms with Gasteiger partial charge in [0.15, 0.2) is 6.19 Å². The molecule has 168 valence electrons. The third-order valence-corrected chi connectivity index (χ3v) is 5.05. The Kier molecular flexibility index (Phi) is 11.4. The van der Waals surface area contributed by atoms with Crippen LogP contribution in [-0.4, -0.2) is 57.6 Å². The number of nitrogens with one attached hydrogen (secondary N) is 2. The van der Waals surface area contributed by atoms with Gasteiger partial charge in [-0.1, -0.05) is 18.2 Å². The first-order valence-electron chi connectivity index (χ1n) is 10.1. The fourth-order valence-electron chi connectivity index (χ4n) is 2.68. The number of nitriles is 1. The van der Waals surface area contributed by atoms with Gasteiger partial charge >= 0.3 is 0 Å². The summed E-state index contributed by atoms with van der Waals surface area (Å²) in [5.74, 6) is 4.81. The standard InChI is InChI=1S/C22H31N5O3S/c1-27(2)15-19-8-9-20(30-19)16-31-13-10-24-22(26-17-23)25-14-18-6-4-5-7-21(18)29-12-11-28-3/h4-9H,10-16H2,1-3H3,(H2,24,25,26). The molecular formula is C22H31N5O3S. The van der Waals surface area contributed by atoms with Gasteiger partial charge in [-0.05, 0) is 32.3 Å². The lowest BCUT2D eigenvalue weighted by atomic mass is 10.2. The average Bonchev–Trinajstić information content (AvgIpc) is 3.19. The molecule has 2 rings (SSSR count). The van der Waals surface area contributed by atoms with Gasteiger partial charge in [0.2, 0.25) is 5.96 Å². The van der Waals surface area contributed by atoms with E-state index in [1.54, 1.807) is 18.9 Å². The van der Waals surface area contributed by atoms with Gasteiger partial charge in [-0.25, -0.2) is 4.99 Å². The van der Waals surface area contributed by atoms with E-state index in [9.17, 15) is 0 Å². The molecule has 0 atom stereocenters. The highest BCUT2D eigenvalue weighted by molar-refractivity contribution is 7.98. The predicted molar refractivity (Wildman–Crippen MR) is 124 cm³/mol. The zero-order chi connectivity index (χ0) is 22.3. The van der Waals surface area contributed by atoms with Gasteiger partial charge in [0.25, 0.3) is 0 Å². The minimum Gasteiger partial charge on any atom is -0.491 e. The Morgan fingerprint density at radius 3 is 2.77 bits per heavy atom. The molecule has 0 aliphatic carbocycles. The van der Waals surface area contributed by atoms with E-state index < -0.39 is 0 Å². The van der Waals surface area contributed by atoms with Crippen molar-refractivity contribution >= 4 is 17.7 Å². The molecule has 0 fully saturated rings. The summed E-state index contributed by atoms with van der Waals surface area (Å²) in [6.45, 7) is 2.87. The summed E-state index contributed by atoms with van der Waals surface area (Å²) in [6, 6.07) is 11.8. The topological polar surface area (TPSA) is 95.0 Å². The van der Waals surface area contributed by atoms with Crippen LogP contribution < -0.4 is 15.4 Å². The zero-order valence-electron chi connectivity index (χ0n) is 18.4. The van der Waals surface area contributed by atoms with Crippen LogP contribution in [0.15, 0.2) is 45.8 Å². The van der Waals surface area contributed by atoms with Gasteiger partial charge in [0.1, 0.15) is 23.9 Å². The SMILES string of the molecule is COCCOc1ccccc1C/N=C(\NC#N)NCCSCc1ccc(CN(C)C)o1. The normalized spacial score (nSPS) is 11.4. The lowest BCUT2D eigenvalue weighted by molar-refractivity contribution is 0.146. The van der Waals surface area contributed by atoms with Crippen LogP contribution in [0.5, 0.6) is 5.75 Å². The Balaban J connectivity index is 1.78. The number of hydrogen-bond donors (Lipinski definition) is 2. The Hall–Kier alpha value is -2.67. The van der Waals surface area contributed by atoms with Crippen molar-refractivity contribution < 1.29 is 13.9 Å². The summed E-state index contributed by atoms with van der Waals surface area (Å²) < 4.78 is 16.6. The molecule has 1 aromatic heterocycles. The lowest BCUT2D eigenvalue weighted by Gasteiger charge is -2.11.